The predicted octanol–water partition coefficient (Wildman–Crippen LogP) is 5.74. The Hall–Kier alpha value is -2.74. The minimum atomic E-state index is 1.15. The van der Waals surface area contributed by atoms with Crippen LogP contribution in [0.4, 0.5) is 0 Å². The fraction of sp³-hybridized carbons (Fsp3) is 0.143. The fourth-order valence-electron chi connectivity index (χ4n) is 3.81. The number of allylic oxidation sites excluding steroid dienone is 2. The first-order valence-electron chi connectivity index (χ1n) is 8.27. The lowest BCUT2D eigenvalue weighted by Crippen LogP contribution is -1.86. The molecule has 0 spiro atoms. The summed E-state index contributed by atoms with van der Waals surface area (Å²) in [5.41, 5.74) is 7.92. The molecule has 2 N–H and O–H groups in total. The Morgan fingerprint density at radius 2 is 1.09 bits per heavy atom. The molecule has 0 atom stereocenters. The van der Waals surface area contributed by atoms with Gasteiger partial charge in [-0.05, 0) is 65.4 Å². The van der Waals surface area contributed by atoms with Crippen molar-refractivity contribution < 1.29 is 0 Å². The van der Waals surface area contributed by atoms with E-state index in [-0.39, 0.29) is 0 Å². The molecule has 0 saturated carbocycles. The number of nitrogens with one attached hydrogen (secondary N) is 2. The van der Waals surface area contributed by atoms with E-state index in [1.165, 1.54) is 50.8 Å². The van der Waals surface area contributed by atoms with Crippen molar-refractivity contribution in [2.75, 3.05) is 0 Å². The first-order chi connectivity index (χ1) is 11.4. The minimum absolute atomic E-state index is 1.15. The third-order valence-electron chi connectivity index (χ3n) is 4.93. The summed E-state index contributed by atoms with van der Waals surface area (Å²) >= 11 is 0. The molecule has 4 aromatic rings. The number of rotatable bonds is 2. The molecule has 2 aromatic carbocycles. The monoisotopic (exact) mass is 298 g/mol. The maximum absolute atomic E-state index is 3.60. The maximum Gasteiger partial charge on any atom is 0.0458 e. The number of fused-ring (bicyclic) bond motifs is 2. The Labute approximate surface area is 134 Å². The summed E-state index contributed by atoms with van der Waals surface area (Å²) in [5.74, 6) is 0. The Balaban J connectivity index is 1.68. The zero-order valence-electron chi connectivity index (χ0n) is 12.9. The molecule has 23 heavy (non-hydrogen) atoms. The second kappa shape index (κ2) is 4.88. The van der Waals surface area contributed by atoms with Gasteiger partial charge in [0.1, 0.15) is 0 Å². The van der Waals surface area contributed by atoms with E-state index in [4.69, 9.17) is 0 Å². The summed E-state index contributed by atoms with van der Waals surface area (Å²) in [7, 11) is 0. The van der Waals surface area contributed by atoms with Crippen molar-refractivity contribution in [2.45, 2.75) is 19.3 Å². The van der Waals surface area contributed by atoms with Crippen molar-refractivity contribution >= 4 is 33.0 Å². The van der Waals surface area contributed by atoms with Crippen LogP contribution in [0.15, 0.2) is 60.7 Å². The van der Waals surface area contributed by atoms with Gasteiger partial charge in [-0.2, -0.15) is 0 Å². The van der Waals surface area contributed by atoms with E-state index in [0.29, 0.717) is 0 Å². The van der Waals surface area contributed by atoms with E-state index in [2.05, 4.69) is 70.6 Å². The molecular weight excluding hydrogens is 280 g/mol. The molecule has 0 fully saturated rings. The topological polar surface area (TPSA) is 31.6 Å². The van der Waals surface area contributed by atoms with Crippen LogP contribution in [0.3, 0.4) is 0 Å². The molecule has 1 aliphatic carbocycles. The van der Waals surface area contributed by atoms with Crippen molar-refractivity contribution in [3.05, 3.63) is 72.1 Å². The molecule has 2 aromatic heterocycles. The molecule has 0 radical (unpaired) electrons. The van der Waals surface area contributed by atoms with Crippen LogP contribution >= 0.6 is 0 Å². The number of hydrogen-bond acceptors (Lipinski definition) is 0. The number of aromatic nitrogens is 2. The van der Waals surface area contributed by atoms with E-state index < -0.39 is 0 Å². The summed E-state index contributed by atoms with van der Waals surface area (Å²) in [6.45, 7) is 0. The first-order valence-corrected chi connectivity index (χ1v) is 8.27. The molecule has 1 aliphatic rings. The maximum atomic E-state index is 3.60. The van der Waals surface area contributed by atoms with Crippen LogP contribution in [-0.4, -0.2) is 9.97 Å². The highest BCUT2D eigenvalue weighted by Crippen LogP contribution is 2.40. The number of H-pyrrole nitrogens is 2. The van der Waals surface area contributed by atoms with Crippen LogP contribution in [0.25, 0.3) is 33.0 Å². The van der Waals surface area contributed by atoms with Gasteiger partial charge in [0, 0.05) is 22.4 Å². The number of hydrogen-bond donors (Lipinski definition) is 2. The van der Waals surface area contributed by atoms with Gasteiger partial charge in [0.2, 0.25) is 0 Å². The van der Waals surface area contributed by atoms with Crippen molar-refractivity contribution in [3.8, 4) is 0 Å². The molecule has 0 unspecified atom stereocenters. The largest absolute Gasteiger partial charge is 0.355 e. The second-order valence-electron chi connectivity index (χ2n) is 6.35. The summed E-state index contributed by atoms with van der Waals surface area (Å²) in [4.78, 5) is 7.20. The van der Waals surface area contributed by atoms with Gasteiger partial charge in [-0.25, -0.2) is 0 Å². The Morgan fingerprint density at radius 1 is 0.609 bits per heavy atom. The summed E-state index contributed by atoms with van der Waals surface area (Å²) in [6.07, 6.45) is 3.53. The third kappa shape index (κ3) is 2.02. The fourth-order valence-corrected chi connectivity index (χ4v) is 3.81. The lowest BCUT2D eigenvalue weighted by Gasteiger charge is -2.04. The Bertz CT molecular complexity index is 896. The molecule has 112 valence electrons. The average molecular weight is 298 g/mol. The molecule has 0 aliphatic heterocycles. The highest BCUT2D eigenvalue weighted by molar-refractivity contribution is 5.97. The number of para-hydroxylation sites is 2. The van der Waals surface area contributed by atoms with Crippen LogP contribution in [0.5, 0.6) is 0 Å². The molecule has 5 rings (SSSR count). The minimum Gasteiger partial charge on any atom is -0.355 e. The summed E-state index contributed by atoms with van der Waals surface area (Å²) in [5, 5.41) is 2.58. The van der Waals surface area contributed by atoms with E-state index in [0.717, 1.165) is 12.8 Å². The number of benzene rings is 2. The van der Waals surface area contributed by atoms with Gasteiger partial charge in [-0.1, -0.05) is 36.4 Å². The molecular formula is C21H18N2. The van der Waals surface area contributed by atoms with Gasteiger partial charge in [0.25, 0.3) is 0 Å². The summed E-state index contributed by atoms with van der Waals surface area (Å²) < 4.78 is 0. The zero-order chi connectivity index (χ0) is 15.2. The van der Waals surface area contributed by atoms with Gasteiger partial charge >= 0.3 is 0 Å². The average Bonchev–Trinajstić information content (AvgIpc) is 3.30. The van der Waals surface area contributed by atoms with Crippen molar-refractivity contribution in [1.29, 1.82) is 0 Å². The van der Waals surface area contributed by atoms with Crippen molar-refractivity contribution in [2.24, 2.45) is 0 Å². The lowest BCUT2D eigenvalue weighted by atomic mass is 10.1. The van der Waals surface area contributed by atoms with E-state index >= 15 is 0 Å². The van der Waals surface area contributed by atoms with Crippen molar-refractivity contribution in [3.63, 3.8) is 0 Å². The van der Waals surface area contributed by atoms with Crippen LogP contribution < -0.4 is 0 Å². The molecule has 2 heteroatoms. The SMILES string of the molecule is c1ccc2[nH]c(C3=C(c4cc5ccccc5[nH]4)CCC3)cc2c1. The second-order valence-corrected chi connectivity index (χ2v) is 6.35. The highest BCUT2D eigenvalue weighted by Gasteiger charge is 2.20. The molecule has 0 saturated heterocycles. The van der Waals surface area contributed by atoms with Crippen LogP contribution in [0, 0.1) is 0 Å². The van der Waals surface area contributed by atoms with Gasteiger partial charge < -0.3 is 9.97 Å². The Morgan fingerprint density at radius 3 is 1.57 bits per heavy atom. The standard InChI is InChI=1S/C21H18N2/c1-3-10-18-14(6-1)12-20(22-18)16-8-5-9-17(16)21-13-15-7-2-4-11-19(15)23-21/h1-4,6-7,10-13,22-23H,5,8-9H2. The Kier molecular flexibility index (Phi) is 2.71. The van der Waals surface area contributed by atoms with Gasteiger partial charge in [-0.3, -0.25) is 0 Å². The van der Waals surface area contributed by atoms with Gasteiger partial charge in [0.05, 0.1) is 0 Å². The van der Waals surface area contributed by atoms with Crippen LogP contribution in [-0.2, 0) is 0 Å². The van der Waals surface area contributed by atoms with E-state index in [1.54, 1.807) is 0 Å². The predicted molar refractivity (Wildman–Crippen MR) is 97.3 cm³/mol. The van der Waals surface area contributed by atoms with E-state index in [9.17, 15) is 0 Å². The smallest absolute Gasteiger partial charge is 0.0458 e. The van der Waals surface area contributed by atoms with Crippen molar-refractivity contribution in [1.82, 2.24) is 9.97 Å². The molecule has 2 nitrogen and oxygen atoms in total. The highest BCUT2D eigenvalue weighted by atomic mass is 14.7. The first kappa shape index (κ1) is 12.8. The van der Waals surface area contributed by atoms with Gasteiger partial charge in [-0.15, -0.1) is 0 Å². The normalized spacial score (nSPS) is 15.1. The lowest BCUT2D eigenvalue weighted by molar-refractivity contribution is 0.938. The van der Waals surface area contributed by atoms with Crippen LogP contribution in [0.1, 0.15) is 30.7 Å². The quantitative estimate of drug-likeness (QED) is 0.472. The zero-order valence-corrected chi connectivity index (χ0v) is 12.9. The van der Waals surface area contributed by atoms with Gasteiger partial charge in [0.15, 0.2) is 0 Å². The third-order valence-corrected chi connectivity index (χ3v) is 4.93. The summed E-state index contributed by atoms with van der Waals surface area (Å²) in [6, 6.07) is 21.6. The van der Waals surface area contributed by atoms with Crippen LogP contribution in [0.2, 0.25) is 0 Å². The van der Waals surface area contributed by atoms with E-state index in [1.807, 2.05) is 0 Å². The number of aromatic amines is 2. The molecule has 0 amide bonds. The molecule has 0 bridgehead atoms. The molecule has 2 heterocycles.